The van der Waals surface area contributed by atoms with Crippen LogP contribution in [0.1, 0.15) is 71.3 Å². The standard InChI is InChI=1S/C23H33NO3/c1-23(2,3)27-22(26)24-19-12-8-13-20(24)16-18(15-19)21(25)14-7-11-17-9-5-4-6-10-17/h4-6,9-10,18-20H,7-8,11-16H2,1-3H3. The zero-order valence-electron chi connectivity index (χ0n) is 16.9. The zero-order chi connectivity index (χ0) is 19.4. The Morgan fingerprint density at radius 1 is 1.07 bits per heavy atom. The van der Waals surface area contributed by atoms with Crippen molar-refractivity contribution in [2.75, 3.05) is 0 Å². The number of amides is 1. The Kier molecular flexibility index (Phi) is 6.23. The number of ketones is 1. The molecule has 0 N–H and O–H groups in total. The predicted molar refractivity (Wildman–Crippen MR) is 107 cm³/mol. The van der Waals surface area contributed by atoms with E-state index in [9.17, 15) is 9.59 Å². The van der Waals surface area contributed by atoms with Crippen molar-refractivity contribution in [2.45, 2.75) is 89.8 Å². The summed E-state index contributed by atoms with van der Waals surface area (Å²) in [6, 6.07) is 10.7. The van der Waals surface area contributed by atoms with Crippen molar-refractivity contribution < 1.29 is 14.3 Å². The van der Waals surface area contributed by atoms with Gasteiger partial charge in [-0.2, -0.15) is 0 Å². The number of hydrogen-bond donors (Lipinski definition) is 0. The summed E-state index contributed by atoms with van der Waals surface area (Å²) in [7, 11) is 0. The van der Waals surface area contributed by atoms with Gasteiger partial charge in [-0.25, -0.2) is 4.79 Å². The summed E-state index contributed by atoms with van der Waals surface area (Å²) in [4.78, 5) is 27.4. The molecular formula is C23H33NO3. The third kappa shape index (κ3) is 5.33. The molecule has 4 heteroatoms. The van der Waals surface area contributed by atoms with Gasteiger partial charge in [-0.1, -0.05) is 30.3 Å². The maximum Gasteiger partial charge on any atom is 0.410 e. The minimum Gasteiger partial charge on any atom is -0.444 e. The number of carbonyl (C=O) groups excluding carboxylic acids is 2. The number of nitrogens with zero attached hydrogens (tertiary/aromatic N) is 1. The molecule has 1 aromatic carbocycles. The van der Waals surface area contributed by atoms with Crippen molar-refractivity contribution in [3.05, 3.63) is 35.9 Å². The predicted octanol–water partition coefficient (Wildman–Crippen LogP) is 5.15. The van der Waals surface area contributed by atoms with Crippen LogP contribution in [-0.4, -0.2) is 34.5 Å². The number of hydrogen-bond acceptors (Lipinski definition) is 3. The Labute approximate surface area is 163 Å². The number of Topliss-reactive ketones (excluding diaryl/α,β-unsaturated/α-hetero) is 1. The average molecular weight is 372 g/mol. The van der Waals surface area contributed by atoms with Crippen molar-refractivity contribution in [3.8, 4) is 0 Å². The fourth-order valence-electron chi connectivity index (χ4n) is 4.57. The van der Waals surface area contributed by atoms with E-state index in [1.807, 2.05) is 43.9 Å². The van der Waals surface area contributed by atoms with Gasteiger partial charge in [0.2, 0.25) is 0 Å². The van der Waals surface area contributed by atoms with E-state index >= 15 is 0 Å². The fraction of sp³-hybridized carbons (Fsp3) is 0.652. The van der Waals surface area contributed by atoms with E-state index in [1.54, 1.807) is 0 Å². The molecule has 2 bridgehead atoms. The Balaban J connectivity index is 1.54. The molecule has 2 saturated heterocycles. The van der Waals surface area contributed by atoms with Gasteiger partial charge in [0.1, 0.15) is 11.4 Å². The average Bonchev–Trinajstić information content (AvgIpc) is 2.60. The first kappa shape index (κ1) is 19.9. The normalized spacial score (nSPS) is 25.1. The molecule has 4 nitrogen and oxygen atoms in total. The summed E-state index contributed by atoms with van der Waals surface area (Å²) in [5.74, 6) is 0.487. The minimum absolute atomic E-state index is 0.106. The van der Waals surface area contributed by atoms with Gasteiger partial charge >= 0.3 is 6.09 Å². The van der Waals surface area contributed by atoms with Crippen LogP contribution in [0.25, 0.3) is 0 Å². The van der Waals surface area contributed by atoms with Gasteiger partial charge in [0.15, 0.2) is 0 Å². The summed E-state index contributed by atoms with van der Waals surface area (Å²) in [5, 5.41) is 0. The van der Waals surface area contributed by atoms with Crippen molar-refractivity contribution in [2.24, 2.45) is 5.92 Å². The largest absolute Gasteiger partial charge is 0.444 e. The third-order valence-electron chi connectivity index (χ3n) is 5.77. The number of aryl methyl sites for hydroxylation is 1. The van der Waals surface area contributed by atoms with E-state index in [2.05, 4.69) is 12.1 Å². The molecular weight excluding hydrogens is 338 g/mol. The Bertz CT molecular complexity index is 635. The molecule has 3 rings (SSSR count). The van der Waals surface area contributed by atoms with Crippen LogP contribution in [0.4, 0.5) is 4.79 Å². The van der Waals surface area contributed by atoms with Crippen LogP contribution in [0.15, 0.2) is 30.3 Å². The van der Waals surface area contributed by atoms with Crippen LogP contribution in [-0.2, 0) is 16.0 Å². The molecule has 148 valence electrons. The van der Waals surface area contributed by atoms with Crippen LogP contribution >= 0.6 is 0 Å². The van der Waals surface area contributed by atoms with Crippen LogP contribution in [0.5, 0.6) is 0 Å². The summed E-state index contributed by atoms with van der Waals surface area (Å²) in [6.45, 7) is 5.72. The maximum absolute atomic E-state index is 12.8. The second-order valence-corrected chi connectivity index (χ2v) is 9.10. The van der Waals surface area contributed by atoms with Crippen LogP contribution in [0.2, 0.25) is 0 Å². The Morgan fingerprint density at radius 2 is 1.70 bits per heavy atom. The number of carbonyl (C=O) groups is 2. The first-order chi connectivity index (χ1) is 12.8. The van der Waals surface area contributed by atoms with Crippen LogP contribution in [0, 0.1) is 5.92 Å². The molecule has 0 aromatic heterocycles. The second kappa shape index (κ2) is 8.45. The van der Waals surface area contributed by atoms with Gasteiger partial charge in [-0.3, -0.25) is 4.79 Å². The highest BCUT2D eigenvalue weighted by Crippen LogP contribution is 2.38. The number of fused-ring (bicyclic) bond motifs is 2. The maximum atomic E-state index is 12.8. The molecule has 0 saturated carbocycles. The number of benzene rings is 1. The molecule has 2 unspecified atom stereocenters. The summed E-state index contributed by atoms with van der Waals surface area (Å²) >= 11 is 0. The summed E-state index contributed by atoms with van der Waals surface area (Å²) < 4.78 is 5.63. The van der Waals surface area contributed by atoms with Gasteiger partial charge in [-0.05, 0) is 71.3 Å². The van der Waals surface area contributed by atoms with Gasteiger partial charge in [0, 0.05) is 24.4 Å². The molecule has 2 aliphatic heterocycles. The lowest BCUT2D eigenvalue weighted by atomic mass is 9.76. The van der Waals surface area contributed by atoms with E-state index in [-0.39, 0.29) is 24.1 Å². The summed E-state index contributed by atoms with van der Waals surface area (Å²) in [5.41, 5.74) is 0.817. The van der Waals surface area contributed by atoms with Crippen molar-refractivity contribution in [1.29, 1.82) is 0 Å². The quantitative estimate of drug-likeness (QED) is 0.719. The molecule has 0 radical (unpaired) electrons. The van der Waals surface area contributed by atoms with E-state index in [0.29, 0.717) is 12.2 Å². The van der Waals surface area contributed by atoms with E-state index in [0.717, 1.165) is 44.9 Å². The molecule has 27 heavy (non-hydrogen) atoms. The molecule has 1 amide bonds. The number of ether oxygens (including phenoxy) is 1. The van der Waals surface area contributed by atoms with E-state index in [4.69, 9.17) is 4.74 Å². The highest BCUT2D eigenvalue weighted by molar-refractivity contribution is 5.81. The highest BCUT2D eigenvalue weighted by Gasteiger charge is 2.44. The molecule has 0 aliphatic carbocycles. The van der Waals surface area contributed by atoms with Crippen molar-refractivity contribution in [1.82, 2.24) is 4.90 Å². The monoisotopic (exact) mass is 371 g/mol. The SMILES string of the molecule is CC(C)(C)OC(=O)N1C2CCCC1CC(C(=O)CCCc1ccccc1)C2. The highest BCUT2D eigenvalue weighted by atomic mass is 16.6. The van der Waals surface area contributed by atoms with Crippen molar-refractivity contribution in [3.63, 3.8) is 0 Å². The molecule has 2 aliphatic rings. The van der Waals surface area contributed by atoms with Gasteiger partial charge in [0.05, 0.1) is 0 Å². The molecule has 0 spiro atoms. The third-order valence-corrected chi connectivity index (χ3v) is 5.77. The van der Waals surface area contributed by atoms with E-state index in [1.165, 1.54) is 5.56 Å². The lowest BCUT2D eigenvalue weighted by molar-refractivity contribution is -0.127. The lowest BCUT2D eigenvalue weighted by Crippen LogP contribution is -2.56. The van der Waals surface area contributed by atoms with Gasteiger partial charge < -0.3 is 9.64 Å². The fourth-order valence-corrected chi connectivity index (χ4v) is 4.57. The lowest BCUT2D eigenvalue weighted by Gasteiger charge is -2.48. The van der Waals surface area contributed by atoms with Gasteiger partial charge in [-0.15, -0.1) is 0 Å². The number of piperidine rings is 2. The number of rotatable bonds is 5. The van der Waals surface area contributed by atoms with Crippen molar-refractivity contribution >= 4 is 11.9 Å². The smallest absolute Gasteiger partial charge is 0.410 e. The molecule has 1 aromatic rings. The zero-order valence-corrected chi connectivity index (χ0v) is 16.9. The molecule has 2 heterocycles. The summed E-state index contributed by atoms with van der Waals surface area (Å²) in [6.07, 6.45) is 7.04. The Morgan fingerprint density at radius 3 is 2.30 bits per heavy atom. The van der Waals surface area contributed by atoms with Crippen LogP contribution < -0.4 is 0 Å². The molecule has 2 fully saturated rings. The van der Waals surface area contributed by atoms with E-state index < -0.39 is 5.60 Å². The first-order valence-electron chi connectivity index (χ1n) is 10.4. The Hall–Kier alpha value is -1.84. The second-order valence-electron chi connectivity index (χ2n) is 9.10. The molecule has 2 atom stereocenters. The topological polar surface area (TPSA) is 46.6 Å². The minimum atomic E-state index is -0.477. The van der Waals surface area contributed by atoms with Crippen LogP contribution in [0.3, 0.4) is 0 Å². The van der Waals surface area contributed by atoms with Gasteiger partial charge in [0.25, 0.3) is 0 Å². The first-order valence-corrected chi connectivity index (χ1v) is 10.4.